The van der Waals surface area contributed by atoms with Crippen LogP contribution in [0.4, 0.5) is 5.69 Å². The highest BCUT2D eigenvalue weighted by Gasteiger charge is 2.39. The van der Waals surface area contributed by atoms with E-state index in [4.69, 9.17) is 0 Å². The second-order valence-electron chi connectivity index (χ2n) is 6.98. The molecule has 0 saturated carbocycles. The first kappa shape index (κ1) is 17.5. The van der Waals surface area contributed by atoms with Crippen LogP contribution in [0.5, 0.6) is 0 Å². The van der Waals surface area contributed by atoms with Crippen molar-refractivity contribution in [1.29, 1.82) is 0 Å². The molecule has 3 atom stereocenters. The molecule has 2 bridgehead atoms. The molecule has 1 aromatic carbocycles. The molecule has 0 aliphatic carbocycles. The average Bonchev–Trinajstić information content (AvgIpc) is 3.30. The first-order chi connectivity index (χ1) is 12.4. The smallest absolute Gasteiger partial charge is 0.261 e. The van der Waals surface area contributed by atoms with Gasteiger partial charge in [-0.15, -0.1) is 11.3 Å². The van der Waals surface area contributed by atoms with E-state index in [9.17, 15) is 13.2 Å². The largest absolute Gasteiger partial charge is 0.347 e. The Bertz CT molecular complexity index is 939. The molecule has 3 unspecified atom stereocenters. The molecule has 3 N–H and O–H groups in total. The van der Waals surface area contributed by atoms with Gasteiger partial charge >= 0.3 is 0 Å². The molecule has 26 heavy (non-hydrogen) atoms. The molecule has 1 aromatic heterocycles. The van der Waals surface area contributed by atoms with Crippen LogP contribution in [0.3, 0.4) is 0 Å². The van der Waals surface area contributed by atoms with Gasteiger partial charge in [-0.25, -0.2) is 8.42 Å². The van der Waals surface area contributed by atoms with Crippen molar-refractivity contribution in [2.75, 3.05) is 11.0 Å². The summed E-state index contributed by atoms with van der Waals surface area (Å²) in [7, 11) is -3.37. The van der Waals surface area contributed by atoms with E-state index in [0.717, 1.165) is 30.2 Å². The lowest BCUT2D eigenvalue weighted by atomic mass is 9.95. The van der Waals surface area contributed by atoms with Gasteiger partial charge in [-0.05, 0) is 42.3 Å². The third-order valence-electron chi connectivity index (χ3n) is 4.97. The van der Waals surface area contributed by atoms with Gasteiger partial charge in [-0.1, -0.05) is 18.2 Å². The lowest BCUT2D eigenvalue weighted by Gasteiger charge is -2.21. The van der Waals surface area contributed by atoms with Gasteiger partial charge in [0.05, 0.1) is 16.8 Å². The lowest BCUT2D eigenvalue weighted by molar-refractivity contribution is 0.0935. The summed E-state index contributed by atoms with van der Waals surface area (Å²) in [4.78, 5) is 13.2. The van der Waals surface area contributed by atoms with E-state index in [-0.39, 0.29) is 11.9 Å². The van der Waals surface area contributed by atoms with E-state index in [1.165, 1.54) is 17.8 Å². The normalized spacial score (nSPS) is 24.6. The van der Waals surface area contributed by atoms with Gasteiger partial charge in [0.1, 0.15) is 0 Å². The van der Waals surface area contributed by atoms with Crippen LogP contribution in [0.2, 0.25) is 0 Å². The van der Waals surface area contributed by atoms with Crippen molar-refractivity contribution < 1.29 is 13.2 Å². The van der Waals surface area contributed by atoms with Crippen LogP contribution in [-0.2, 0) is 10.0 Å². The summed E-state index contributed by atoms with van der Waals surface area (Å²) in [6, 6.07) is 10.1. The molecule has 138 valence electrons. The number of anilines is 1. The van der Waals surface area contributed by atoms with Gasteiger partial charge in [-0.3, -0.25) is 9.52 Å². The van der Waals surface area contributed by atoms with Crippen molar-refractivity contribution in [2.24, 2.45) is 0 Å². The predicted octanol–water partition coefficient (Wildman–Crippen LogP) is 2.41. The highest BCUT2D eigenvalue weighted by molar-refractivity contribution is 7.92. The number of fused-ring (bicyclic) bond motifs is 2. The van der Waals surface area contributed by atoms with E-state index < -0.39 is 10.0 Å². The van der Waals surface area contributed by atoms with Crippen LogP contribution in [0.15, 0.2) is 35.7 Å². The zero-order chi connectivity index (χ0) is 18.3. The van der Waals surface area contributed by atoms with Crippen molar-refractivity contribution in [3.8, 4) is 11.1 Å². The third kappa shape index (κ3) is 3.62. The number of thiophene rings is 1. The Balaban J connectivity index is 1.52. The molecule has 4 rings (SSSR count). The minimum absolute atomic E-state index is 0.0610. The fourth-order valence-electron chi connectivity index (χ4n) is 3.84. The number of rotatable bonds is 5. The standard InChI is InChI=1S/C18H21N3O3S2/c1-26(23,24)21-14-5-3-2-4-13(14)11-8-17(25-10-11)18(22)20-16-9-12-6-7-15(16)19-12/h2-5,8,10,12,15-16,19,21H,6-7,9H2,1H3,(H,20,22). The number of carbonyl (C=O) groups excluding carboxylic acids is 1. The number of hydrogen-bond donors (Lipinski definition) is 3. The number of amides is 1. The highest BCUT2D eigenvalue weighted by atomic mass is 32.2. The van der Waals surface area contributed by atoms with Crippen LogP contribution >= 0.6 is 11.3 Å². The average molecular weight is 392 g/mol. The van der Waals surface area contributed by atoms with Gasteiger partial charge in [0.2, 0.25) is 10.0 Å². The van der Waals surface area contributed by atoms with E-state index >= 15 is 0 Å². The highest BCUT2D eigenvalue weighted by Crippen LogP contribution is 2.33. The number of sulfonamides is 1. The molecule has 0 radical (unpaired) electrons. The van der Waals surface area contributed by atoms with Gasteiger partial charge < -0.3 is 10.6 Å². The Morgan fingerprint density at radius 3 is 2.77 bits per heavy atom. The van der Waals surface area contributed by atoms with Crippen molar-refractivity contribution in [3.63, 3.8) is 0 Å². The Morgan fingerprint density at radius 1 is 1.27 bits per heavy atom. The molecule has 1 amide bonds. The fourth-order valence-corrected chi connectivity index (χ4v) is 5.23. The predicted molar refractivity (Wildman–Crippen MR) is 104 cm³/mol. The fraction of sp³-hybridized carbons (Fsp3) is 0.389. The van der Waals surface area contributed by atoms with Crippen molar-refractivity contribution in [3.05, 3.63) is 40.6 Å². The van der Waals surface area contributed by atoms with Gasteiger partial charge in [0, 0.05) is 23.7 Å². The van der Waals surface area contributed by atoms with E-state index in [2.05, 4.69) is 15.4 Å². The van der Waals surface area contributed by atoms with Crippen LogP contribution in [-0.4, -0.2) is 38.7 Å². The minimum atomic E-state index is -3.37. The summed E-state index contributed by atoms with van der Waals surface area (Å²) in [5, 5.41) is 8.55. The zero-order valence-electron chi connectivity index (χ0n) is 14.4. The Hall–Kier alpha value is -1.90. The molecule has 2 saturated heterocycles. The van der Waals surface area contributed by atoms with Gasteiger partial charge in [0.15, 0.2) is 0 Å². The lowest BCUT2D eigenvalue weighted by Crippen LogP contribution is -2.42. The molecule has 2 fully saturated rings. The van der Waals surface area contributed by atoms with Crippen molar-refractivity contribution in [1.82, 2.24) is 10.6 Å². The monoisotopic (exact) mass is 391 g/mol. The summed E-state index contributed by atoms with van der Waals surface area (Å²) in [6.07, 6.45) is 4.44. The minimum Gasteiger partial charge on any atom is -0.347 e. The third-order valence-corrected chi connectivity index (χ3v) is 6.49. The van der Waals surface area contributed by atoms with Crippen LogP contribution in [0.1, 0.15) is 28.9 Å². The van der Waals surface area contributed by atoms with Crippen molar-refractivity contribution >= 4 is 33.0 Å². The maximum absolute atomic E-state index is 12.6. The molecule has 0 spiro atoms. The maximum Gasteiger partial charge on any atom is 0.261 e. The number of benzene rings is 1. The molecule has 8 heteroatoms. The topological polar surface area (TPSA) is 87.3 Å². The zero-order valence-corrected chi connectivity index (χ0v) is 16.0. The second-order valence-corrected chi connectivity index (χ2v) is 9.64. The van der Waals surface area contributed by atoms with E-state index in [0.29, 0.717) is 22.6 Å². The second kappa shape index (κ2) is 6.68. The molecule has 2 aliphatic rings. The van der Waals surface area contributed by atoms with Crippen molar-refractivity contribution in [2.45, 2.75) is 37.4 Å². The first-order valence-electron chi connectivity index (χ1n) is 8.62. The Labute approximate surface area is 157 Å². The van der Waals surface area contributed by atoms with Crippen LogP contribution in [0.25, 0.3) is 11.1 Å². The van der Waals surface area contributed by atoms with Gasteiger partial charge in [-0.2, -0.15) is 0 Å². The van der Waals surface area contributed by atoms with Gasteiger partial charge in [0.25, 0.3) is 5.91 Å². The number of hydrogen-bond acceptors (Lipinski definition) is 5. The quantitative estimate of drug-likeness (QED) is 0.730. The number of carbonyl (C=O) groups is 1. The maximum atomic E-state index is 12.6. The molecule has 3 heterocycles. The summed E-state index contributed by atoms with van der Waals surface area (Å²) in [6.45, 7) is 0. The SMILES string of the molecule is CS(=O)(=O)Nc1ccccc1-c1csc(C(=O)NC2CC3CCC2N3)c1. The molecule has 6 nitrogen and oxygen atoms in total. The van der Waals surface area contributed by atoms with E-state index in [1.807, 2.05) is 23.6 Å². The summed E-state index contributed by atoms with van der Waals surface area (Å²) < 4.78 is 25.7. The summed E-state index contributed by atoms with van der Waals surface area (Å²) >= 11 is 1.37. The molecule has 2 aromatic rings. The Kier molecular flexibility index (Phi) is 4.50. The van der Waals surface area contributed by atoms with Crippen LogP contribution < -0.4 is 15.4 Å². The van der Waals surface area contributed by atoms with E-state index in [1.54, 1.807) is 12.1 Å². The molecular weight excluding hydrogens is 370 g/mol. The number of para-hydroxylation sites is 1. The summed E-state index contributed by atoms with van der Waals surface area (Å²) in [5.41, 5.74) is 2.10. The molecular formula is C18H21N3O3S2. The molecule has 2 aliphatic heterocycles. The number of nitrogens with one attached hydrogen (secondary N) is 3. The first-order valence-corrected chi connectivity index (χ1v) is 11.4. The van der Waals surface area contributed by atoms with Crippen LogP contribution in [0, 0.1) is 0 Å². The summed E-state index contributed by atoms with van der Waals surface area (Å²) in [5.74, 6) is -0.0610. The Morgan fingerprint density at radius 2 is 2.08 bits per heavy atom.